The zero-order valence-corrected chi connectivity index (χ0v) is 9.61. The Morgan fingerprint density at radius 1 is 1.38 bits per heavy atom. The molecule has 1 fully saturated rings. The van der Waals surface area contributed by atoms with E-state index < -0.39 is 0 Å². The molecule has 1 saturated carbocycles. The van der Waals surface area contributed by atoms with E-state index >= 15 is 0 Å². The molecule has 0 radical (unpaired) electrons. The van der Waals surface area contributed by atoms with Gasteiger partial charge in [0.2, 0.25) is 0 Å². The predicted octanol–water partition coefficient (Wildman–Crippen LogP) is 1.70. The molecule has 88 valence electrons. The maximum atomic E-state index is 9.67. The summed E-state index contributed by atoms with van der Waals surface area (Å²) in [6.07, 6.45) is 2.76. The van der Waals surface area contributed by atoms with Crippen molar-refractivity contribution < 1.29 is 10.2 Å². The third-order valence-corrected chi connectivity index (χ3v) is 3.27. The first-order valence-corrected chi connectivity index (χ1v) is 5.87. The van der Waals surface area contributed by atoms with Gasteiger partial charge in [0.1, 0.15) is 5.75 Å². The Morgan fingerprint density at radius 3 is 2.88 bits per heavy atom. The van der Waals surface area contributed by atoms with E-state index in [-0.39, 0.29) is 12.1 Å². The molecule has 1 aliphatic rings. The monoisotopic (exact) mass is 221 g/mol. The van der Waals surface area contributed by atoms with Gasteiger partial charge in [0.25, 0.3) is 0 Å². The summed E-state index contributed by atoms with van der Waals surface area (Å²) in [5.74, 6) is 0.325. The number of benzene rings is 1. The molecule has 1 aromatic rings. The zero-order valence-electron chi connectivity index (χ0n) is 9.61. The van der Waals surface area contributed by atoms with Crippen molar-refractivity contribution in [2.75, 3.05) is 0 Å². The van der Waals surface area contributed by atoms with E-state index in [0.29, 0.717) is 12.3 Å². The maximum Gasteiger partial charge on any atom is 0.120 e. The molecule has 0 aliphatic heterocycles. The fraction of sp³-hybridized carbons (Fsp3) is 0.538. The summed E-state index contributed by atoms with van der Waals surface area (Å²) in [5.41, 5.74) is 2.04. The Labute approximate surface area is 96.1 Å². The molecule has 0 aromatic heterocycles. The third kappa shape index (κ3) is 2.54. The molecule has 3 heteroatoms. The highest BCUT2D eigenvalue weighted by Crippen LogP contribution is 2.21. The lowest BCUT2D eigenvalue weighted by Gasteiger charge is -2.17. The van der Waals surface area contributed by atoms with Gasteiger partial charge in [-0.1, -0.05) is 17.7 Å². The Hall–Kier alpha value is -1.06. The smallest absolute Gasteiger partial charge is 0.120 e. The first-order chi connectivity index (χ1) is 7.66. The average Bonchev–Trinajstić information content (AvgIpc) is 2.66. The van der Waals surface area contributed by atoms with Crippen molar-refractivity contribution >= 4 is 0 Å². The van der Waals surface area contributed by atoms with Crippen LogP contribution in [0.25, 0.3) is 0 Å². The number of phenols is 1. The van der Waals surface area contributed by atoms with E-state index in [1.54, 1.807) is 6.07 Å². The highest BCUT2D eigenvalue weighted by Gasteiger charge is 2.24. The largest absolute Gasteiger partial charge is 0.508 e. The molecule has 1 aliphatic carbocycles. The molecule has 0 spiro atoms. The topological polar surface area (TPSA) is 52.5 Å². The van der Waals surface area contributed by atoms with Gasteiger partial charge in [-0.05, 0) is 32.3 Å². The van der Waals surface area contributed by atoms with Gasteiger partial charge in [0.05, 0.1) is 6.10 Å². The lowest BCUT2D eigenvalue weighted by molar-refractivity contribution is 0.148. The second-order valence-corrected chi connectivity index (χ2v) is 4.62. The summed E-state index contributed by atoms with van der Waals surface area (Å²) in [7, 11) is 0. The summed E-state index contributed by atoms with van der Waals surface area (Å²) < 4.78 is 0. The van der Waals surface area contributed by atoms with Crippen LogP contribution in [0.1, 0.15) is 30.4 Å². The van der Waals surface area contributed by atoms with Crippen molar-refractivity contribution in [1.82, 2.24) is 5.32 Å². The number of phenolic OH excluding ortho intramolecular Hbond substituents is 1. The lowest BCUT2D eigenvalue weighted by atomic mass is 10.1. The van der Waals surface area contributed by atoms with Crippen LogP contribution in [0.3, 0.4) is 0 Å². The first-order valence-electron chi connectivity index (χ1n) is 5.87. The molecule has 0 heterocycles. The highest BCUT2D eigenvalue weighted by atomic mass is 16.3. The minimum absolute atomic E-state index is 0.180. The van der Waals surface area contributed by atoms with Crippen LogP contribution in [0.2, 0.25) is 0 Å². The van der Waals surface area contributed by atoms with E-state index in [4.69, 9.17) is 0 Å². The molecule has 3 N–H and O–H groups in total. The van der Waals surface area contributed by atoms with E-state index in [1.807, 2.05) is 19.1 Å². The quantitative estimate of drug-likeness (QED) is 0.728. The van der Waals surface area contributed by atoms with E-state index in [9.17, 15) is 10.2 Å². The lowest BCUT2D eigenvalue weighted by Crippen LogP contribution is -2.35. The molecular formula is C13H19NO2. The van der Waals surface area contributed by atoms with Crippen LogP contribution >= 0.6 is 0 Å². The van der Waals surface area contributed by atoms with Gasteiger partial charge in [-0.15, -0.1) is 0 Å². The van der Waals surface area contributed by atoms with Crippen molar-refractivity contribution in [1.29, 1.82) is 0 Å². The molecule has 3 nitrogen and oxygen atoms in total. The van der Waals surface area contributed by atoms with Crippen LogP contribution in [0, 0.1) is 6.92 Å². The molecule has 16 heavy (non-hydrogen) atoms. The van der Waals surface area contributed by atoms with Crippen molar-refractivity contribution in [2.24, 2.45) is 0 Å². The maximum absolute atomic E-state index is 9.67. The predicted molar refractivity (Wildman–Crippen MR) is 63.3 cm³/mol. The summed E-state index contributed by atoms with van der Waals surface area (Å²) >= 11 is 0. The molecule has 0 bridgehead atoms. The summed E-state index contributed by atoms with van der Waals surface area (Å²) in [6.45, 7) is 2.63. The molecular weight excluding hydrogens is 202 g/mol. The molecule has 2 rings (SSSR count). The molecule has 0 saturated heterocycles. The minimum Gasteiger partial charge on any atom is -0.508 e. The number of aliphatic hydroxyl groups is 1. The van der Waals surface area contributed by atoms with E-state index in [0.717, 1.165) is 30.4 Å². The van der Waals surface area contributed by atoms with Crippen LogP contribution in [0.4, 0.5) is 0 Å². The Kier molecular flexibility index (Phi) is 3.46. The summed E-state index contributed by atoms with van der Waals surface area (Å²) in [6, 6.07) is 5.77. The SMILES string of the molecule is Cc1ccc(O)c(CNC2CCCC2O)c1. The van der Waals surface area contributed by atoms with Crippen molar-refractivity contribution in [3.05, 3.63) is 29.3 Å². The normalized spacial score (nSPS) is 24.9. The van der Waals surface area contributed by atoms with Gasteiger partial charge in [0.15, 0.2) is 0 Å². The standard InChI is InChI=1S/C13H19NO2/c1-9-5-6-12(15)10(7-9)8-14-11-3-2-4-13(11)16/h5-7,11,13-16H,2-4,8H2,1H3. The van der Waals surface area contributed by atoms with Crippen LogP contribution in [-0.4, -0.2) is 22.4 Å². The van der Waals surface area contributed by atoms with Gasteiger partial charge in [-0.25, -0.2) is 0 Å². The Morgan fingerprint density at radius 2 is 2.19 bits per heavy atom. The molecule has 2 unspecified atom stereocenters. The number of nitrogens with one attached hydrogen (secondary N) is 1. The van der Waals surface area contributed by atoms with Gasteiger partial charge >= 0.3 is 0 Å². The Balaban J connectivity index is 1.96. The number of hydrogen-bond donors (Lipinski definition) is 3. The number of hydrogen-bond acceptors (Lipinski definition) is 3. The Bertz CT molecular complexity index is 365. The fourth-order valence-corrected chi connectivity index (χ4v) is 2.28. The number of aromatic hydroxyl groups is 1. The van der Waals surface area contributed by atoms with Gasteiger partial charge in [0, 0.05) is 18.2 Å². The zero-order chi connectivity index (χ0) is 11.5. The number of aryl methyl sites for hydroxylation is 1. The molecule has 0 amide bonds. The molecule has 2 atom stereocenters. The van der Waals surface area contributed by atoms with Crippen molar-refractivity contribution in [3.8, 4) is 5.75 Å². The second-order valence-electron chi connectivity index (χ2n) is 4.62. The van der Waals surface area contributed by atoms with Crippen LogP contribution in [-0.2, 0) is 6.54 Å². The van der Waals surface area contributed by atoms with Crippen molar-refractivity contribution in [3.63, 3.8) is 0 Å². The van der Waals surface area contributed by atoms with Crippen LogP contribution in [0.5, 0.6) is 5.75 Å². The van der Waals surface area contributed by atoms with E-state index in [1.165, 1.54) is 0 Å². The summed E-state index contributed by atoms with van der Waals surface area (Å²) in [4.78, 5) is 0. The van der Waals surface area contributed by atoms with Gasteiger partial charge < -0.3 is 15.5 Å². The van der Waals surface area contributed by atoms with Gasteiger partial charge in [-0.2, -0.15) is 0 Å². The first kappa shape index (κ1) is 11.4. The average molecular weight is 221 g/mol. The summed E-state index contributed by atoms with van der Waals surface area (Å²) in [5, 5.41) is 22.6. The van der Waals surface area contributed by atoms with Crippen LogP contribution in [0.15, 0.2) is 18.2 Å². The number of aliphatic hydroxyl groups excluding tert-OH is 1. The third-order valence-electron chi connectivity index (χ3n) is 3.27. The second kappa shape index (κ2) is 4.85. The van der Waals surface area contributed by atoms with E-state index in [2.05, 4.69) is 5.32 Å². The fourth-order valence-electron chi connectivity index (χ4n) is 2.28. The van der Waals surface area contributed by atoms with Gasteiger partial charge in [-0.3, -0.25) is 0 Å². The minimum atomic E-state index is -0.230. The number of rotatable bonds is 3. The van der Waals surface area contributed by atoms with Crippen molar-refractivity contribution in [2.45, 2.75) is 44.9 Å². The molecule has 1 aromatic carbocycles. The van der Waals surface area contributed by atoms with Crippen LogP contribution < -0.4 is 5.32 Å². The highest BCUT2D eigenvalue weighted by molar-refractivity contribution is 5.35.